The lowest BCUT2D eigenvalue weighted by Crippen LogP contribution is -2.41. The van der Waals surface area contributed by atoms with Crippen molar-refractivity contribution in [2.75, 3.05) is 6.61 Å². The molecule has 0 saturated carbocycles. The highest BCUT2D eigenvalue weighted by Gasteiger charge is 2.21. The van der Waals surface area contributed by atoms with Crippen molar-refractivity contribution in [2.24, 2.45) is 0 Å². The molecule has 0 aliphatic heterocycles. The Balaban J connectivity index is 2.77. The summed E-state index contributed by atoms with van der Waals surface area (Å²) in [6, 6.07) is 2.30. The summed E-state index contributed by atoms with van der Waals surface area (Å²) in [5.74, 6) is -1.73. The summed E-state index contributed by atoms with van der Waals surface area (Å²) in [4.78, 5) is 26.4. The number of nitrogens with zero attached hydrogens (tertiary/aromatic N) is 1. The average molecular weight is 238 g/mol. The fourth-order valence-electron chi connectivity index (χ4n) is 1.34. The molecule has 1 aromatic heterocycles. The fourth-order valence-corrected chi connectivity index (χ4v) is 1.34. The third-order valence-corrected chi connectivity index (χ3v) is 2.25. The van der Waals surface area contributed by atoms with Crippen LogP contribution in [0.1, 0.15) is 22.5 Å². The molecule has 1 aromatic rings. The Labute approximate surface area is 98.3 Å². The van der Waals surface area contributed by atoms with E-state index in [-0.39, 0.29) is 18.7 Å². The Bertz CT molecular complexity index is 420. The second-order valence-corrected chi connectivity index (χ2v) is 3.55. The Morgan fingerprint density at radius 2 is 2.24 bits per heavy atom. The SMILES string of the molecule is Cc1cccnc1C(=O)N[C@H](CCO)C(=O)O. The van der Waals surface area contributed by atoms with Gasteiger partial charge in [0.2, 0.25) is 0 Å². The first kappa shape index (κ1) is 13.1. The van der Waals surface area contributed by atoms with E-state index in [1.54, 1.807) is 19.1 Å². The number of amides is 1. The van der Waals surface area contributed by atoms with Crippen LogP contribution in [-0.2, 0) is 4.79 Å². The molecule has 0 bridgehead atoms. The molecule has 0 aliphatic rings. The van der Waals surface area contributed by atoms with E-state index in [2.05, 4.69) is 10.3 Å². The predicted molar refractivity (Wildman–Crippen MR) is 59.6 cm³/mol. The van der Waals surface area contributed by atoms with Crippen molar-refractivity contribution in [1.82, 2.24) is 10.3 Å². The van der Waals surface area contributed by atoms with Crippen LogP contribution in [0.2, 0.25) is 0 Å². The van der Waals surface area contributed by atoms with Gasteiger partial charge in [0.15, 0.2) is 0 Å². The monoisotopic (exact) mass is 238 g/mol. The van der Waals surface area contributed by atoms with E-state index in [0.717, 1.165) is 0 Å². The van der Waals surface area contributed by atoms with Gasteiger partial charge in [-0.25, -0.2) is 4.79 Å². The molecule has 6 heteroatoms. The highest BCUT2D eigenvalue weighted by molar-refractivity contribution is 5.96. The minimum Gasteiger partial charge on any atom is -0.480 e. The molecule has 0 saturated heterocycles. The number of aryl methyl sites for hydroxylation is 1. The molecule has 1 amide bonds. The standard InChI is InChI=1S/C11H14N2O4/c1-7-3-2-5-12-9(7)10(15)13-8(4-6-14)11(16)17/h2-3,5,8,14H,4,6H2,1H3,(H,13,15)(H,16,17)/t8-/m1/s1. The van der Waals surface area contributed by atoms with Gasteiger partial charge in [0.1, 0.15) is 11.7 Å². The normalized spacial score (nSPS) is 11.9. The number of nitrogens with one attached hydrogen (secondary N) is 1. The second-order valence-electron chi connectivity index (χ2n) is 3.55. The van der Waals surface area contributed by atoms with Crippen molar-refractivity contribution in [3.8, 4) is 0 Å². The van der Waals surface area contributed by atoms with Crippen LogP contribution in [0.25, 0.3) is 0 Å². The van der Waals surface area contributed by atoms with Crippen molar-refractivity contribution in [2.45, 2.75) is 19.4 Å². The molecule has 0 radical (unpaired) electrons. The van der Waals surface area contributed by atoms with Gasteiger partial charge in [0.05, 0.1) is 0 Å². The van der Waals surface area contributed by atoms with Crippen LogP contribution in [0.4, 0.5) is 0 Å². The van der Waals surface area contributed by atoms with Crippen LogP contribution in [0.15, 0.2) is 18.3 Å². The number of aromatic nitrogens is 1. The summed E-state index contributed by atoms with van der Waals surface area (Å²) in [5.41, 5.74) is 0.856. The minimum absolute atomic E-state index is 0.0348. The van der Waals surface area contributed by atoms with E-state index in [0.29, 0.717) is 5.56 Å². The lowest BCUT2D eigenvalue weighted by atomic mass is 10.1. The summed E-state index contributed by atoms with van der Waals surface area (Å²) in [5, 5.41) is 19.8. The lowest BCUT2D eigenvalue weighted by molar-refractivity contribution is -0.139. The van der Waals surface area contributed by atoms with Crippen molar-refractivity contribution in [3.05, 3.63) is 29.6 Å². The van der Waals surface area contributed by atoms with Crippen molar-refractivity contribution < 1.29 is 19.8 Å². The molecule has 0 spiro atoms. The van der Waals surface area contributed by atoms with Gasteiger partial charge in [-0.15, -0.1) is 0 Å². The van der Waals surface area contributed by atoms with E-state index >= 15 is 0 Å². The summed E-state index contributed by atoms with van der Waals surface area (Å²) in [7, 11) is 0. The molecule has 0 fully saturated rings. The van der Waals surface area contributed by atoms with Gasteiger partial charge in [-0.05, 0) is 18.6 Å². The number of carbonyl (C=O) groups is 2. The predicted octanol–water partition coefficient (Wildman–Crippen LogP) is -0.0446. The van der Waals surface area contributed by atoms with Gasteiger partial charge in [0, 0.05) is 19.2 Å². The summed E-state index contributed by atoms with van der Waals surface area (Å²) in [6.45, 7) is 1.40. The fraction of sp³-hybridized carbons (Fsp3) is 0.364. The minimum atomic E-state index is -1.18. The maximum Gasteiger partial charge on any atom is 0.326 e. The molecule has 0 aliphatic carbocycles. The number of aliphatic hydroxyl groups is 1. The quantitative estimate of drug-likeness (QED) is 0.668. The zero-order valence-electron chi connectivity index (χ0n) is 9.38. The van der Waals surface area contributed by atoms with Gasteiger partial charge in [-0.1, -0.05) is 6.07 Å². The van der Waals surface area contributed by atoms with Gasteiger partial charge in [-0.2, -0.15) is 0 Å². The van der Waals surface area contributed by atoms with Crippen LogP contribution in [0.3, 0.4) is 0 Å². The molecule has 0 aromatic carbocycles. The van der Waals surface area contributed by atoms with Gasteiger partial charge < -0.3 is 15.5 Å². The Morgan fingerprint density at radius 3 is 2.76 bits per heavy atom. The Morgan fingerprint density at radius 1 is 1.53 bits per heavy atom. The number of hydrogen-bond donors (Lipinski definition) is 3. The van der Waals surface area contributed by atoms with Crippen LogP contribution < -0.4 is 5.32 Å². The van der Waals surface area contributed by atoms with Gasteiger partial charge >= 0.3 is 5.97 Å². The highest BCUT2D eigenvalue weighted by Crippen LogP contribution is 2.04. The van der Waals surface area contributed by atoms with E-state index in [9.17, 15) is 9.59 Å². The molecule has 0 unspecified atom stereocenters. The first-order valence-corrected chi connectivity index (χ1v) is 5.12. The molecule has 1 rings (SSSR count). The molecule has 92 valence electrons. The molecule has 1 atom stereocenters. The van der Waals surface area contributed by atoms with Gasteiger partial charge in [-0.3, -0.25) is 9.78 Å². The molecule has 17 heavy (non-hydrogen) atoms. The topological polar surface area (TPSA) is 99.5 Å². The van der Waals surface area contributed by atoms with E-state index in [4.69, 9.17) is 10.2 Å². The van der Waals surface area contributed by atoms with Crippen molar-refractivity contribution >= 4 is 11.9 Å². The Kier molecular flexibility index (Phi) is 4.59. The van der Waals surface area contributed by atoms with E-state index in [1.165, 1.54) is 6.20 Å². The van der Waals surface area contributed by atoms with Crippen LogP contribution >= 0.6 is 0 Å². The molecule has 3 N–H and O–H groups in total. The maximum absolute atomic E-state index is 11.7. The van der Waals surface area contributed by atoms with E-state index < -0.39 is 17.9 Å². The first-order valence-electron chi connectivity index (χ1n) is 5.12. The number of rotatable bonds is 5. The largest absolute Gasteiger partial charge is 0.480 e. The smallest absolute Gasteiger partial charge is 0.326 e. The van der Waals surface area contributed by atoms with Crippen molar-refractivity contribution in [3.63, 3.8) is 0 Å². The third kappa shape index (κ3) is 3.53. The van der Waals surface area contributed by atoms with Gasteiger partial charge in [0.25, 0.3) is 5.91 Å². The zero-order valence-corrected chi connectivity index (χ0v) is 9.38. The van der Waals surface area contributed by atoms with Crippen LogP contribution in [0, 0.1) is 6.92 Å². The molecular formula is C11H14N2O4. The average Bonchev–Trinajstić information content (AvgIpc) is 2.28. The molecule has 6 nitrogen and oxygen atoms in total. The number of pyridine rings is 1. The lowest BCUT2D eigenvalue weighted by Gasteiger charge is -2.13. The highest BCUT2D eigenvalue weighted by atomic mass is 16.4. The third-order valence-electron chi connectivity index (χ3n) is 2.25. The molecule has 1 heterocycles. The maximum atomic E-state index is 11.7. The van der Waals surface area contributed by atoms with E-state index in [1.807, 2.05) is 0 Å². The first-order chi connectivity index (χ1) is 8.06. The number of carboxylic acid groups (broad SMARTS) is 1. The summed E-state index contributed by atoms with van der Waals surface area (Å²) >= 11 is 0. The van der Waals surface area contributed by atoms with Crippen molar-refractivity contribution in [1.29, 1.82) is 0 Å². The summed E-state index contributed by atoms with van der Waals surface area (Å²) < 4.78 is 0. The zero-order chi connectivity index (χ0) is 12.8. The molecular weight excluding hydrogens is 224 g/mol. The number of aliphatic carboxylic acids is 1. The second kappa shape index (κ2) is 5.95. The number of hydrogen-bond acceptors (Lipinski definition) is 4. The number of carbonyl (C=O) groups excluding carboxylic acids is 1. The summed E-state index contributed by atoms with van der Waals surface area (Å²) in [6.07, 6.45) is 1.43. The Hall–Kier alpha value is -1.95. The van der Waals surface area contributed by atoms with Crippen LogP contribution in [-0.4, -0.2) is 39.7 Å². The number of aliphatic hydroxyl groups excluding tert-OH is 1. The number of carboxylic acids is 1. The van der Waals surface area contributed by atoms with Crippen LogP contribution in [0.5, 0.6) is 0 Å².